The number of hydrogen-bond donors (Lipinski definition) is 2. The minimum Gasteiger partial charge on any atom is -0.357 e. The van der Waals surface area contributed by atoms with Gasteiger partial charge in [0.1, 0.15) is 12.4 Å². The molecule has 1 aromatic rings. The van der Waals surface area contributed by atoms with Crippen LogP contribution in [-0.4, -0.2) is 28.6 Å². The number of nitrogens with one attached hydrogen (secondary N) is 2. The predicted molar refractivity (Wildman–Crippen MR) is 92.1 cm³/mol. The van der Waals surface area contributed by atoms with E-state index < -0.39 is 6.55 Å². The topological polar surface area (TPSA) is 54.2 Å². The van der Waals surface area contributed by atoms with Crippen LogP contribution in [0.5, 0.6) is 0 Å². The Kier molecular flexibility index (Phi) is 7.98. The third-order valence-electron chi connectivity index (χ3n) is 4.49. The molecule has 0 aliphatic heterocycles. The van der Waals surface area contributed by atoms with Crippen molar-refractivity contribution < 1.29 is 8.78 Å². The third-order valence-corrected chi connectivity index (χ3v) is 4.49. The van der Waals surface area contributed by atoms with Crippen LogP contribution < -0.4 is 10.6 Å². The van der Waals surface area contributed by atoms with Gasteiger partial charge in [-0.3, -0.25) is 4.57 Å². The molecule has 0 unspecified atom stereocenters. The van der Waals surface area contributed by atoms with E-state index in [-0.39, 0.29) is 12.4 Å². The Balaban J connectivity index is 1.72. The largest absolute Gasteiger partial charge is 0.357 e. The maximum absolute atomic E-state index is 12.8. The Labute approximate surface area is 142 Å². The lowest BCUT2D eigenvalue weighted by molar-refractivity contribution is 0.0671. The fourth-order valence-corrected chi connectivity index (χ4v) is 3.20. The zero-order valence-corrected chi connectivity index (χ0v) is 14.5. The predicted octanol–water partition coefficient (Wildman–Crippen LogP) is 3.69. The molecular formula is C17H29F2N5. The third kappa shape index (κ3) is 6.09. The molecule has 1 fully saturated rings. The van der Waals surface area contributed by atoms with E-state index >= 15 is 0 Å². The number of aliphatic imine (C=N–C) groups is 1. The van der Waals surface area contributed by atoms with Crippen molar-refractivity contribution in [2.75, 3.05) is 13.1 Å². The number of alkyl halides is 2. The molecule has 1 saturated carbocycles. The van der Waals surface area contributed by atoms with Gasteiger partial charge in [0.05, 0.1) is 0 Å². The van der Waals surface area contributed by atoms with Crippen LogP contribution in [0.4, 0.5) is 8.78 Å². The van der Waals surface area contributed by atoms with Gasteiger partial charge in [-0.25, -0.2) is 9.98 Å². The first-order valence-corrected chi connectivity index (χ1v) is 9.02. The molecule has 1 heterocycles. The summed E-state index contributed by atoms with van der Waals surface area (Å²) >= 11 is 0. The first-order valence-electron chi connectivity index (χ1n) is 9.02. The van der Waals surface area contributed by atoms with Crippen molar-refractivity contribution in [3.63, 3.8) is 0 Å². The highest BCUT2D eigenvalue weighted by atomic mass is 19.3. The molecule has 0 amide bonds. The Hall–Kier alpha value is -1.66. The van der Waals surface area contributed by atoms with Crippen molar-refractivity contribution in [2.45, 2.75) is 65.0 Å². The van der Waals surface area contributed by atoms with Crippen molar-refractivity contribution in [1.82, 2.24) is 20.2 Å². The second-order valence-corrected chi connectivity index (χ2v) is 6.30. The SMILES string of the molecule is CCNC(=NCc1nccn1C(F)F)NCCCCC1CCCC1. The van der Waals surface area contributed by atoms with Gasteiger partial charge >= 0.3 is 6.55 Å². The van der Waals surface area contributed by atoms with Crippen LogP contribution in [-0.2, 0) is 6.54 Å². The van der Waals surface area contributed by atoms with Crippen molar-refractivity contribution in [1.29, 1.82) is 0 Å². The van der Waals surface area contributed by atoms with E-state index in [0.717, 1.165) is 30.0 Å². The second-order valence-electron chi connectivity index (χ2n) is 6.30. The highest BCUT2D eigenvalue weighted by Crippen LogP contribution is 2.28. The standard InChI is InChI=1S/C17H29F2N5/c1-2-20-17(22-10-6-5-9-14-7-3-4-8-14)23-13-15-21-11-12-24(15)16(18)19/h11-12,14,16H,2-10,13H2,1H3,(H2,20,22,23). The van der Waals surface area contributed by atoms with Gasteiger partial charge in [0.25, 0.3) is 0 Å². The first kappa shape index (κ1) is 18.7. The minimum absolute atomic E-state index is 0.134. The van der Waals surface area contributed by atoms with E-state index in [2.05, 4.69) is 20.6 Å². The second kappa shape index (κ2) is 10.3. The van der Waals surface area contributed by atoms with Crippen LogP contribution >= 0.6 is 0 Å². The molecule has 0 radical (unpaired) electrons. The number of hydrogen-bond acceptors (Lipinski definition) is 2. The molecule has 0 aromatic carbocycles. The summed E-state index contributed by atoms with van der Waals surface area (Å²) in [5.74, 6) is 1.85. The molecule has 1 aliphatic carbocycles. The fraction of sp³-hybridized carbons (Fsp3) is 0.765. The Morgan fingerprint density at radius 2 is 2.12 bits per heavy atom. The van der Waals surface area contributed by atoms with Crippen LogP contribution in [0, 0.1) is 5.92 Å². The van der Waals surface area contributed by atoms with Gasteiger partial charge in [0, 0.05) is 25.5 Å². The molecule has 1 aromatic heterocycles. The Morgan fingerprint density at radius 3 is 2.83 bits per heavy atom. The van der Waals surface area contributed by atoms with Gasteiger partial charge in [-0.15, -0.1) is 0 Å². The van der Waals surface area contributed by atoms with Crippen molar-refractivity contribution >= 4 is 5.96 Å². The Morgan fingerprint density at radius 1 is 1.33 bits per heavy atom. The zero-order valence-electron chi connectivity index (χ0n) is 14.5. The molecule has 136 valence electrons. The average Bonchev–Trinajstić information content (AvgIpc) is 3.23. The van der Waals surface area contributed by atoms with Gasteiger partial charge in [-0.05, 0) is 19.3 Å². The molecule has 7 heteroatoms. The van der Waals surface area contributed by atoms with Crippen molar-refractivity contribution in [3.05, 3.63) is 18.2 Å². The molecule has 0 saturated heterocycles. The van der Waals surface area contributed by atoms with Crippen LogP contribution in [0.3, 0.4) is 0 Å². The Bertz CT molecular complexity index is 495. The highest BCUT2D eigenvalue weighted by molar-refractivity contribution is 5.79. The number of rotatable bonds is 9. The van der Waals surface area contributed by atoms with Gasteiger partial charge in [0.2, 0.25) is 0 Å². The van der Waals surface area contributed by atoms with Gasteiger partial charge in [0.15, 0.2) is 5.96 Å². The maximum Gasteiger partial charge on any atom is 0.319 e. The van der Waals surface area contributed by atoms with E-state index in [4.69, 9.17) is 0 Å². The summed E-state index contributed by atoms with van der Waals surface area (Å²) in [5, 5.41) is 6.41. The van der Waals surface area contributed by atoms with E-state index in [0.29, 0.717) is 5.96 Å². The summed E-state index contributed by atoms with van der Waals surface area (Å²) in [6.07, 6.45) is 11.9. The highest BCUT2D eigenvalue weighted by Gasteiger charge is 2.14. The number of aromatic nitrogens is 2. The molecule has 2 N–H and O–H groups in total. The molecular weight excluding hydrogens is 312 g/mol. The molecule has 2 rings (SSSR count). The van der Waals surface area contributed by atoms with Gasteiger partial charge in [-0.1, -0.05) is 38.5 Å². The number of halogens is 2. The fourth-order valence-electron chi connectivity index (χ4n) is 3.20. The van der Waals surface area contributed by atoms with E-state index in [1.54, 1.807) is 0 Å². The normalized spacial score (nSPS) is 16.1. The summed E-state index contributed by atoms with van der Waals surface area (Å²) in [5.41, 5.74) is 0. The summed E-state index contributed by atoms with van der Waals surface area (Å²) in [4.78, 5) is 8.30. The van der Waals surface area contributed by atoms with E-state index in [1.807, 2.05) is 6.92 Å². The van der Waals surface area contributed by atoms with Gasteiger partial charge < -0.3 is 10.6 Å². The lowest BCUT2D eigenvalue weighted by Crippen LogP contribution is -2.37. The van der Waals surface area contributed by atoms with Crippen molar-refractivity contribution in [3.8, 4) is 0 Å². The van der Waals surface area contributed by atoms with Crippen LogP contribution in [0.25, 0.3) is 0 Å². The number of nitrogens with zero attached hydrogens (tertiary/aromatic N) is 3. The van der Waals surface area contributed by atoms with Crippen LogP contribution in [0.1, 0.15) is 64.2 Å². The summed E-state index contributed by atoms with van der Waals surface area (Å²) in [6.45, 7) is 1.12. The molecule has 24 heavy (non-hydrogen) atoms. The molecule has 0 spiro atoms. The molecule has 0 bridgehead atoms. The lowest BCUT2D eigenvalue weighted by atomic mass is 10.0. The lowest BCUT2D eigenvalue weighted by Gasteiger charge is -2.12. The van der Waals surface area contributed by atoms with Crippen molar-refractivity contribution in [2.24, 2.45) is 10.9 Å². The molecule has 0 atom stereocenters. The average molecular weight is 341 g/mol. The number of imidazole rings is 1. The zero-order chi connectivity index (χ0) is 17.2. The maximum atomic E-state index is 12.8. The summed E-state index contributed by atoms with van der Waals surface area (Å²) < 4.78 is 26.4. The minimum atomic E-state index is -2.58. The van der Waals surface area contributed by atoms with Gasteiger partial charge in [-0.2, -0.15) is 8.78 Å². The summed E-state index contributed by atoms with van der Waals surface area (Å²) in [6, 6.07) is 0. The number of unbranched alkanes of at least 4 members (excludes halogenated alkanes) is 1. The van der Waals surface area contributed by atoms with E-state index in [1.165, 1.54) is 50.9 Å². The monoisotopic (exact) mass is 341 g/mol. The van der Waals surface area contributed by atoms with E-state index in [9.17, 15) is 8.78 Å². The smallest absolute Gasteiger partial charge is 0.319 e. The molecule has 1 aliphatic rings. The summed E-state index contributed by atoms with van der Waals surface area (Å²) in [7, 11) is 0. The first-order chi connectivity index (χ1) is 11.7. The van der Waals surface area contributed by atoms with Crippen LogP contribution in [0.2, 0.25) is 0 Å². The quantitative estimate of drug-likeness (QED) is 0.409. The molecule has 5 nitrogen and oxygen atoms in total. The van der Waals surface area contributed by atoms with Crippen LogP contribution in [0.15, 0.2) is 17.4 Å². The number of guanidine groups is 1.